The Morgan fingerprint density at radius 3 is 2.65 bits per heavy atom. The van der Waals surface area contributed by atoms with E-state index in [1.807, 2.05) is 25.1 Å². The lowest BCUT2D eigenvalue weighted by atomic mass is 10.1. The van der Waals surface area contributed by atoms with Crippen molar-refractivity contribution in [3.8, 4) is 11.5 Å². The summed E-state index contributed by atoms with van der Waals surface area (Å²) < 4.78 is 10.9. The molecule has 0 saturated carbocycles. The average Bonchev–Trinajstić information content (AvgIpc) is 2.35. The summed E-state index contributed by atoms with van der Waals surface area (Å²) in [5.41, 5.74) is 7.91. The molecule has 0 aliphatic rings. The lowest BCUT2D eigenvalue weighted by Crippen LogP contribution is -2.06. The normalized spacial score (nSPS) is 12.0. The van der Waals surface area contributed by atoms with Crippen molar-refractivity contribution >= 4 is 0 Å². The minimum absolute atomic E-state index is 0.0106. The molecule has 1 aromatic rings. The first-order valence-electron chi connectivity index (χ1n) is 5.81. The van der Waals surface area contributed by atoms with Gasteiger partial charge in [-0.3, -0.25) is 0 Å². The molecule has 0 heterocycles. The first-order chi connectivity index (χ1) is 8.08. The molecule has 3 nitrogen and oxygen atoms in total. The molecule has 0 aromatic heterocycles. The summed E-state index contributed by atoms with van der Waals surface area (Å²) in [7, 11) is 1.63. The number of nitrogens with two attached hydrogens (primary N) is 1. The van der Waals surface area contributed by atoms with E-state index in [2.05, 4.69) is 13.5 Å². The van der Waals surface area contributed by atoms with Gasteiger partial charge in [0.05, 0.1) is 7.11 Å². The Bertz CT molecular complexity index is 386. The van der Waals surface area contributed by atoms with Crippen LogP contribution in [0.4, 0.5) is 0 Å². The first-order valence-corrected chi connectivity index (χ1v) is 5.81. The summed E-state index contributed by atoms with van der Waals surface area (Å²) >= 11 is 0. The molecule has 0 radical (unpaired) electrons. The van der Waals surface area contributed by atoms with Crippen LogP contribution in [0.5, 0.6) is 11.5 Å². The third-order valence-electron chi connectivity index (χ3n) is 2.65. The topological polar surface area (TPSA) is 44.5 Å². The summed E-state index contributed by atoms with van der Waals surface area (Å²) in [6.45, 7) is 8.42. The third-order valence-corrected chi connectivity index (χ3v) is 2.65. The Labute approximate surface area is 103 Å². The third kappa shape index (κ3) is 3.79. The standard InChI is InChI=1S/C14H21NO2/c1-5-10(2)9-17-13-7-6-12(11(3)15)8-14(13)16-4/h6-8,11H,2,5,9,15H2,1,3-4H3. The van der Waals surface area contributed by atoms with Gasteiger partial charge in [-0.1, -0.05) is 19.6 Å². The molecule has 1 atom stereocenters. The smallest absolute Gasteiger partial charge is 0.161 e. The molecule has 94 valence electrons. The van der Waals surface area contributed by atoms with Crippen molar-refractivity contribution in [1.82, 2.24) is 0 Å². The maximum Gasteiger partial charge on any atom is 0.161 e. The van der Waals surface area contributed by atoms with Crippen molar-refractivity contribution in [2.75, 3.05) is 13.7 Å². The van der Waals surface area contributed by atoms with Crippen LogP contribution in [0.25, 0.3) is 0 Å². The van der Waals surface area contributed by atoms with E-state index < -0.39 is 0 Å². The second-order valence-corrected chi connectivity index (χ2v) is 4.09. The minimum Gasteiger partial charge on any atom is -0.493 e. The Balaban J connectivity index is 2.81. The summed E-state index contributed by atoms with van der Waals surface area (Å²) in [6, 6.07) is 5.75. The highest BCUT2D eigenvalue weighted by atomic mass is 16.5. The average molecular weight is 235 g/mol. The zero-order valence-electron chi connectivity index (χ0n) is 10.8. The van der Waals surface area contributed by atoms with Gasteiger partial charge in [-0.05, 0) is 36.6 Å². The quantitative estimate of drug-likeness (QED) is 0.771. The molecule has 0 amide bonds. The molecular formula is C14H21NO2. The molecule has 0 aliphatic heterocycles. The molecule has 0 aliphatic carbocycles. The minimum atomic E-state index is -0.0106. The van der Waals surface area contributed by atoms with Gasteiger partial charge in [-0.25, -0.2) is 0 Å². The highest BCUT2D eigenvalue weighted by Gasteiger charge is 2.08. The largest absolute Gasteiger partial charge is 0.493 e. The highest BCUT2D eigenvalue weighted by Crippen LogP contribution is 2.30. The van der Waals surface area contributed by atoms with E-state index in [9.17, 15) is 0 Å². The molecular weight excluding hydrogens is 214 g/mol. The molecule has 0 spiro atoms. The van der Waals surface area contributed by atoms with Crippen molar-refractivity contribution in [2.45, 2.75) is 26.3 Å². The van der Waals surface area contributed by atoms with Gasteiger partial charge in [0.1, 0.15) is 6.61 Å². The molecule has 0 bridgehead atoms. The van der Waals surface area contributed by atoms with Gasteiger partial charge in [0.25, 0.3) is 0 Å². The van der Waals surface area contributed by atoms with E-state index in [-0.39, 0.29) is 6.04 Å². The van der Waals surface area contributed by atoms with Crippen LogP contribution in [0, 0.1) is 0 Å². The Morgan fingerprint density at radius 2 is 2.12 bits per heavy atom. The zero-order valence-corrected chi connectivity index (χ0v) is 10.8. The number of rotatable bonds is 6. The van der Waals surface area contributed by atoms with Crippen LogP contribution in [0.15, 0.2) is 30.4 Å². The predicted octanol–water partition coefficient (Wildman–Crippen LogP) is 3.06. The molecule has 3 heteroatoms. The van der Waals surface area contributed by atoms with Crippen LogP contribution in [-0.2, 0) is 0 Å². The van der Waals surface area contributed by atoms with Gasteiger partial charge >= 0.3 is 0 Å². The molecule has 0 saturated heterocycles. The van der Waals surface area contributed by atoms with Crippen molar-refractivity contribution in [1.29, 1.82) is 0 Å². The number of hydrogen-bond acceptors (Lipinski definition) is 3. The fraction of sp³-hybridized carbons (Fsp3) is 0.429. The molecule has 17 heavy (non-hydrogen) atoms. The van der Waals surface area contributed by atoms with E-state index in [0.29, 0.717) is 12.4 Å². The molecule has 0 fully saturated rings. The second-order valence-electron chi connectivity index (χ2n) is 4.09. The lowest BCUT2D eigenvalue weighted by molar-refractivity contribution is 0.317. The first kappa shape index (κ1) is 13.6. The van der Waals surface area contributed by atoms with E-state index in [0.717, 1.165) is 23.3 Å². The van der Waals surface area contributed by atoms with Crippen LogP contribution >= 0.6 is 0 Å². The fourth-order valence-corrected chi connectivity index (χ4v) is 1.37. The van der Waals surface area contributed by atoms with E-state index in [4.69, 9.17) is 15.2 Å². The Morgan fingerprint density at radius 1 is 1.41 bits per heavy atom. The summed E-state index contributed by atoms with van der Waals surface area (Å²) in [4.78, 5) is 0. The van der Waals surface area contributed by atoms with Crippen LogP contribution in [0.1, 0.15) is 31.9 Å². The summed E-state index contributed by atoms with van der Waals surface area (Å²) in [5, 5.41) is 0. The van der Waals surface area contributed by atoms with E-state index in [1.165, 1.54) is 0 Å². The Hall–Kier alpha value is -1.48. The van der Waals surface area contributed by atoms with Crippen molar-refractivity contribution in [3.05, 3.63) is 35.9 Å². The number of hydrogen-bond donors (Lipinski definition) is 1. The lowest BCUT2D eigenvalue weighted by Gasteiger charge is -2.14. The summed E-state index contributed by atoms with van der Waals surface area (Å²) in [6.07, 6.45) is 0.917. The van der Waals surface area contributed by atoms with Gasteiger partial charge in [-0.15, -0.1) is 0 Å². The van der Waals surface area contributed by atoms with Crippen molar-refractivity contribution in [3.63, 3.8) is 0 Å². The van der Waals surface area contributed by atoms with Crippen molar-refractivity contribution < 1.29 is 9.47 Å². The van der Waals surface area contributed by atoms with E-state index in [1.54, 1.807) is 7.11 Å². The van der Waals surface area contributed by atoms with Crippen LogP contribution in [0.2, 0.25) is 0 Å². The number of benzene rings is 1. The predicted molar refractivity (Wildman–Crippen MR) is 70.5 cm³/mol. The van der Waals surface area contributed by atoms with Crippen LogP contribution < -0.4 is 15.2 Å². The van der Waals surface area contributed by atoms with Gasteiger partial charge in [0, 0.05) is 6.04 Å². The van der Waals surface area contributed by atoms with Gasteiger partial charge in [0.15, 0.2) is 11.5 Å². The second kappa shape index (κ2) is 6.30. The summed E-state index contributed by atoms with van der Waals surface area (Å²) in [5.74, 6) is 1.44. The zero-order chi connectivity index (χ0) is 12.8. The Kier molecular flexibility index (Phi) is 5.04. The van der Waals surface area contributed by atoms with Gasteiger partial charge in [-0.2, -0.15) is 0 Å². The number of ether oxygens (including phenoxy) is 2. The maximum atomic E-state index is 5.82. The molecule has 1 aromatic carbocycles. The molecule has 2 N–H and O–H groups in total. The maximum absolute atomic E-state index is 5.82. The number of methoxy groups -OCH3 is 1. The van der Waals surface area contributed by atoms with Crippen LogP contribution in [0.3, 0.4) is 0 Å². The van der Waals surface area contributed by atoms with Crippen molar-refractivity contribution in [2.24, 2.45) is 5.73 Å². The SMILES string of the molecule is C=C(CC)COc1ccc(C(C)N)cc1OC. The fourth-order valence-electron chi connectivity index (χ4n) is 1.37. The van der Waals surface area contributed by atoms with Gasteiger partial charge < -0.3 is 15.2 Å². The van der Waals surface area contributed by atoms with E-state index >= 15 is 0 Å². The monoisotopic (exact) mass is 235 g/mol. The highest BCUT2D eigenvalue weighted by molar-refractivity contribution is 5.43. The molecule has 1 unspecified atom stereocenters. The van der Waals surface area contributed by atoms with Gasteiger partial charge in [0.2, 0.25) is 0 Å². The molecule has 1 rings (SSSR count). The van der Waals surface area contributed by atoms with Crippen LogP contribution in [-0.4, -0.2) is 13.7 Å².